The van der Waals surface area contributed by atoms with Gasteiger partial charge in [-0.05, 0) is 42.6 Å². The molecule has 0 bridgehead atoms. The first-order chi connectivity index (χ1) is 21.0. The lowest BCUT2D eigenvalue weighted by Gasteiger charge is -2.39. The molecule has 5 heterocycles. The summed E-state index contributed by atoms with van der Waals surface area (Å²) >= 11 is 6.18. The van der Waals surface area contributed by atoms with Crippen molar-refractivity contribution in [2.75, 3.05) is 49.5 Å². The number of nitrogens with zero attached hydrogens (tertiary/aromatic N) is 4. The lowest BCUT2D eigenvalue weighted by atomic mass is 9.89. The zero-order valence-electron chi connectivity index (χ0n) is 23.9. The predicted octanol–water partition coefficient (Wildman–Crippen LogP) is 3.76. The molecule has 4 N–H and O–H groups in total. The Morgan fingerprint density at radius 2 is 1.84 bits per heavy atom. The molecule has 0 aliphatic carbocycles. The van der Waals surface area contributed by atoms with E-state index in [1.165, 1.54) is 0 Å². The Hall–Kier alpha value is -4.15. The van der Waals surface area contributed by atoms with E-state index >= 15 is 0 Å². The van der Waals surface area contributed by atoms with Gasteiger partial charge in [-0.2, -0.15) is 5.10 Å². The van der Waals surface area contributed by atoms with Gasteiger partial charge in [0.25, 0.3) is 0 Å². The Bertz CT molecular complexity index is 1610. The van der Waals surface area contributed by atoms with Crippen LogP contribution in [0.3, 0.4) is 0 Å². The van der Waals surface area contributed by atoms with E-state index in [1.54, 1.807) is 0 Å². The molecule has 222 valence electrons. The molecule has 1 unspecified atom stereocenters. The van der Waals surface area contributed by atoms with Crippen molar-refractivity contribution in [2.24, 2.45) is 0 Å². The van der Waals surface area contributed by atoms with Gasteiger partial charge in [-0.3, -0.25) is 14.7 Å². The third kappa shape index (κ3) is 5.52. The molecule has 2 aromatic heterocycles. The standard InChI is InChI=1S/C32H35ClN8O2/c33-22-10-8-21(9-11-22)27(25-7-4-12-34-25)32(43)41-15-13-40(14-16-41)29-24(20-5-2-1-3-6-20)19-36-30-28(29)31(39-38-30)37-23-17-26(42)35-18-23/h1-3,5-6,8-11,19,23,25,27,34H,4,7,12-18H2,(H,35,42)(H2,36,37,38,39)/t23?,25-,27-/m0/s1. The number of hydrogen-bond donors (Lipinski definition) is 4. The molecule has 10 nitrogen and oxygen atoms in total. The van der Waals surface area contributed by atoms with E-state index in [2.05, 4.69) is 43.2 Å². The SMILES string of the molecule is O=C1CC(Nc2n[nH]c3ncc(-c4ccccc4)c(N4CCN(C(=O)[C@@H](c5ccc(Cl)cc5)[C@@H]5CCCN5)CC4)c23)CN1. The highest BCUT2D eigenvalue weighted by molar-refractivity contribution is 6.30. The smallest absolute Gasteiger partial charge is 0.231 e. The highest BCUT2D eigenvalue weighted by Gasteiger charge is 2.36. The molecule has 3 saturated heterocycles. The summed E-state index contributed by atoms with van der Waals surface area (Å²) in [7, 11) is 0. The molecule has 43 heavy (non-hydrogen) atoms. The molecule has 4 aromatic rings. The second-order valence-corrected chi connectivity index (χ2v) is 12.0. The largest absolute Gasteiger partial charge is 0.367 e. The third-order valence-electron chi connectivity index (χ3n) is 8.87. The van der Waals surface area contributed by atoms with E-state index in [1.807, 2.05) is 53.6 Å². The molecular weight excluding hydrogens is 564 g/mol. The number of fused-ring (bicyclic) bond motifs is 1. The van der Waals surface area contributed by atoms with Crippen LogP contribution in [0.25, 0.3) is 22.2 Å². The van der Waals surface area contributed by atoms with Crippen molar-refractivity contribution >= 4 is 46.0 Å². The number of pyridine rings is 1. The summed E-state index contributed by atoms with van der Waals surface area (Å²) in [5.41, 5.74) is 4.79. The van der Waals surface area contributed by atoms with Gasteiger partial charge in [0.15, 0.2) is 11.5 Å². The van der Waals surface area contributed by atoms with Gasteiger partial charge in [0.05, 0.1) is 23.0 Å². The van der Waals surface area contributed by atoms with Gasteiger partial charge >= 0.3 is 0 Å². The third-order valence-corrected chi connectivity index (χ3v) is 9.12. The lowest BCUT2D eigenvalue weighted by molar-refractivity contribution is -0.133. The van der Waals surface area contributed by atoms with Gasteiger partial charge in [0.2, 0.25) is 11.8 Å². The van der Waals surface area contributed by atoms with Crippen LogP contribution >= 0.6 is 11.6 Å². The van der Waals surface area contributed by atoms with Crippen LogP contribution in [0.1, 0.15) is 30.7 Å². The molecular formula is C32H35ClN8O2. The number of H-pyrrole nitrogens is 1. The van der Waals surface area contributed by atoms with Gasteiger partial charge in [0.1, 0.15) is 0 Å². The van der Waals surface area contributed by atoms with E-state index in [9.17, 15) is 9.59 Å². The van der Waals surface area contributed by atoms with Crippen molar-refractivity contribution in [3.8, 4) is 11.1 Å². The molecule has 3 atom stereocenters. The highest BCUT2D eigenvalue weighted by Crippen LogP contribution is 2.40. The van der Waals surface area contributed by atoms with Gasteiger partial charge in [-0.1, -0.05) is 54.1 Å². The number of nitrogens with one attached hydrogen (secondary N) is 4. The zero-order valence-corrected chi connectivity index (χ0v) is 24.6. The Morgan fingerprint density at radius 1 is 1.05 bits per heavy atom. The highest BCUT2D eigenvalue weighted by atomic mass is 35.5. The Morgan fingerprint density at radius 3 is 2.53 bits per heavy atom. The number of carbonyl (C=O) groups excluding carboxylic acids is 2. The average molecular weight is 599 g/mol. The summed E-state index contributed by atoms with van der Waals surface area (Å²) in [6, 6.07) is 18.0. The first kappa shape index (κ1) is 27.7. The molecule has 7 rings (SSSR count). The van der Waals surface area contributed by atoms with Crippen molar-refractivity contribution in [1.82, 2.24) is 30.7 Å². The van der Waals surface area contributed by atoms with Crippen molar-refractivity contribution in [1.29, 1.82) is 0 Å². The van der Waals surface area contributed by atoms with Gasteiger partial charge in [0, 0.05) is 62.0 Å². The summed E-state index contributed by atoms with van der Waals surface area (Å²) < 4.78 is 0. The fourth-order valence-electron chi connectivity index (χ4n) is 6.70. The van der Waals surface area contributed by atoms with E-state index < -0.39 is 0 Å². The fraction of sp³-hybridized carbons (Fsp3) is 0.375. The monoisotopic (exact) mass is 598 g/mol. The number of hydrogen-bond acceptors (Lipinski definition) is 7. The van der Waals surface area contributed by atoms with E-state index in [0.29, 0.717) is 55.6 Å². The van der Waals surface area contributed by atoms with Crippen LogP contribution in [-0.2, 0) is 9.59 Å². The predicted molar refractivity (Wildman–Crippen MR) is 168 cm³/mol. The Balaban J connectivity index is 1.19. The van der Waals surface area contributed by atoms with E-state index in [-0.39, 0.29) is 29.8 Å². The lowest BCUT2D eigenvalue weighted by Crippen LogP contribution is -2.52. The Kier molecular flexibility index (Phi) is 7.63. The normalized spacial score (nSPS) is 21.3. The molecule has 3 aliphatic rings. The topological polar surface area (TPSA) is 118 Å². The van der Waals surface area contributed by atoms with Gasteiger partial charge < -0.3 is 25.8 Å². The number of rotatable bonds is 7. The van der Waals surface area contributed by atoms with Crippen molar-refractivity contribution in [2.45, 2.75) is 37.3 Å². The zero-order chi connectivity index (χ0) is 29.3. The number of carbonyl (C=O) groups is 2. The molecule has 3 fully saturated rings. The van der Waals surface area contributed by atoms with Crippen molar-refractivity contribution in [3.63, 3.8) is 0 Å². The number of halogens is 1. The Labute approximate surface area is 255 Å². The first-order valence-corrected chi connectivity index (χ1v) is 15.4. The molecule has 2 aromatic carbocycles. The van der Waals surface area contributed by atoms with Crippen molar-refractivity contribution < 1.29 is 9.59 Å². The van der Waals surface area contributed by atoms with Crippen LogP contribution in [0, 0.1) is 0 Å². The maximum atomic E-state index is 14.1. The summed E-state index contributed by atoms with van der Waals surface area (Å²) in [5, 5.41) is 19.2. The van der Waals surface area contributed by atoms with E-state index in [0.717, 1.165) is 47.2 Å². The molecule has 0 spiro atoms. The van der Waals surface area contributed by atoms with Gasteiger partial charge in [-0.25, -0.2) is 4.98 Å². The average Bonchev–Trinajstić information content (AvgIpc) is 3.81. The molecule has 0 saturated carbocycles. The molecule has 0 radical (unpaired) electrons. The van der Waals surface area contributed by atoms with Crippen LogP contribution in [0.5, 0.6) is 0 Å². The molecule has 11 heteroatoms. The number of aromatic amines is 1. The number of anilines is 2. The number of piperazine rings is 1. The summed E-state index contributed by atoms with van der Waals surface area (Å²) in [6.07, 6.45) is 4.35. The fourth-order valence-corrected chi connectivity index (χ4v) is 6.82. The summed E-state index contributed by atoms with van der Waals surface area (Å²) in [4.78, 5) is 35.1. The quantitative estimate of drug-likeness (QED) is 0.256. The van der Waals surface area contributed by atoms with E-state index in [4.69, 9.17) is 16.6 Å². The second kappa shape index (κ2) is 11.9. The van der Waals surface area contributed by atoms with Crippen LogP contribution in [0.15, 0.2) is 60.8 Å². The summed E-state index contributed by atoms with van der Waals surface area (Å²) in [5.74, 6) is 0.636. The van der Waals surface area contributed by atoms with Gasteiger partial charge in [-0.15, -0.1) is 0 Å². The van der Waals surface area contributed by atoms with Crippen LogP contribution < -0.4 is 20.9 Å². The maximum absolute atomic E-state index is 14.1. The summed E-state index contributed by atoms with van der Waals surface area (Å²) in [6.45, 7) is 4.04. The van der Waals surface area contributed by atoms with Crippen LogP contribution in [0.4, 0.5) is 11.5 Å². The molecule has 2 amide bonds. The minimum atomic E-state index is -0.244. The molecule has 3 aliphatic heterocycles. The minimum Gasteiger partial charge on any atom is -0.367 e. The number of benzene rings is 2. The number of aromatic nitrogens is 3. The first-order valence-electron chi connectivity index (χ1n) is 15.0. The minimum absolute atomic E-state index is 0.0335. The van der Waals surface area contributed by atoms with Crippen molar-refractivity contribution in [3.05, 3.63) is 71.4 Å². The number of amides is 2. The second-order valence-electron chi connectivity index (χ2n) is 11.6. The van der Waals surface area contributed by atoms with Crippen LogP contribution in [-0.4, -0.2) is 83.2 Å². The van der Waals surface area contributed by atoms with Crippen LogP contribution in [0.2, 0.25) is 5.02 Å². The maximum Gasteiger partial charge on any atom is 0.231 e.